The summed E-state index contributed by atoms with van der Waals surface area (Å²) in [6.45, 7) is 3.26. The van der Waals surface area contributed by atoms with Gasteiger partial charge in [0, 0.05) is 24.8 Å². The van der Waals surface area contributed by atoms with Gasteiger partial charge in [0.2, 0.25) is 0 Å². The molecule has 0 amide bonds. The van der Waals surface area contributed by atoms with Crippen molar-refractivity contribution < 1.29 is 4.39 Å². The molecule has 3 aromatic rings. The Hall–Kier alpha value is -2.53. The summed E-state index contributed by atoms with van der Waals surface area (Å²) in [7, 11) is 1.95. The molecule has 0 radical (unpaired) electrons. The summed E-state index contributed by atoms with van der Waals surface area (Å²) >= 11 is 0. The van der Waals surface area contributed by atoms with Crippen LogP contribution in [0.1, 0.15) is 23.7 Å². The van der Waals surface area contributed by atoms with Crippen LogP contribution in [0, 0.1) is 5.82 Å². The van der Waals surface area contributed by atoms with Gasteiger partial charge in [0.1, 0.15) is 5.82 Å². The smallest absolute Gasteiger partial charge is 0.252 e. The maximum atomic E-state index is 13.2. The number of aromatic nitrogens is 2. The van der Waals surface area contributed by atoms with Crippen molar-refractivity contribution >= 4 is 10.9 Å². The van der Waals surface area contributed by atoms with E-state index in [0.29, 0.717) is 24.2 Å². The Kier molecular flexibility index (Phi) is 4.71. The molecule has 0 fully saturated rings. The van der Waals surface area contributed by atoms with E-state index in [0.717, 1.165) is 17.5 Å². The first-order chi connectivity index (χ1) is 11.5. The fourth-order valence-corrected chi connectivity index (χ4v) is 2.72. The van der Waals surface area contributed by atoms with Crippen molar-refractivity contribution in [2.45, 2.75) is 26.4 Å². The molecule has 4 nitrogen and oxygen atoms in total. The number of nitrogens with zero attached hydrogens (tertiary/aromatic N) is 2. The molecule has 0 aliphatic heterocycles. The van der Waals surface area contributed by atoms with Gasteiger partial charge in [0.25, 0.3) is 5.56 Å². The van der Waals surface area contributed by atoms with Crippen molar-refractivity contribution in [3.8, 4) is 0 Å². The minimum absolute atomic E-state index is 0.186. The van der Waals surface area contributed by atoms with Gasteiger partial charge in [-0.05, 0) is 54.8 Å². The molecule has 0 bridgehead atoms. The van der Waals surface area contributed by atoms with Crippen LogP contribution in [0.4, 0.5) is 4.39 Å². The summed E-state index contributed by atoms with van der Waals surface area (Å²) in [4.78, 5) is 21.4. The number of pyridine rings is 2. The molecule has 0 atom stereocenters. The number of fused-ring (bicyclic) bond motifs is 1. The van der Waals surface area contributed by atoms with Gasteiger partial charge in [-0.1, -0.05) is 13.0 Å². The Morgan fingerprint density at radius 3 is 2.71 bits per heavy atom. The first-order valence-electron chi connectivity index (χ1n) is 7.99. The van der Waals surface area contributed by atoms with E-state index in [-0.39, 0.29) is 11.4 Å². The number of rotatable bonds is 5. The summed E-state index contributed by atoms with van der Waals surface area (Å²) in [6, 6.07) is 10.3. The molecule has 0 aliphatic rings. The van der Waals surface area contributed by atoms with Gasteiger partial charge in [-0.3, -0.25) is 14.7 Å². The van der Waals surface area contributed by atoms with Gasteiger partial charge in [0.15, 0.2) is 0 Å². The monoisotopic (exact) mass is 325 g/mol. The Morgan fingerprint density at radius 2 is 2.00 bits per heavy atom. The van der Waals surface area contributed by atoms with Crippen LogP contribution in [0.3, 0.4) is 0 Å². The Morgan fingerprint density at radius 1 is 1.17 bits per heavy atom. The van der Waals surface area contributed by atoms with E-state index in [1.54, 1.807) is 6.07 Å². The lowest BCUT2D eigenvalue weighted by Crippen LogP contribution is -2.23. The molecule has 5 heteroatoms. The van der Waals surface area contributed by atoms with Gasteiger partial charge in [0.05, 0.1) is 11.2 Å². The molecule has 2 aromatic heterocycles. The van der Waals surface area contributed by atoms with Gasteiger partial charge >= 0.3 is 0 Å². The standard InChI is InChI=1S/C19H20FN3O/c1-3-13-4-7-17(21-10-13)12-23(2)11-15-8-14-5-6-16(20)9-18(14)22-19(15)24/h4-10H,3,11-12H2,1-2H3,(H,22,24). The minimum atomic E-state index is -0.357. The zero-order chi connectivity index (χ0) is 17.1. The quantitative estimate of drug-likeness (QED) is 0.783. The van der Waals surface area contributed by atoms with E-state index < -0.39 is 0 Å². The maximum Gasteiger partial charge on any atom is 0.252 e. The fourth-order valence-electron chi connectivity index (χ4n) is 2.72. The van der Waals surface area contributed by atoms with Crippen LogP contribution in [0.5, 0.6) is 0 Å². The number of H-pyrrole nitrogens is 1. The van der Waals surface area contributed by atoms with Crippen LogP contribution >= 0.6 is 0 Å². The number of hydrogen-bond acceptors (Lipinski definition) is 3. The van der Waals surface area contributed by atoms with Gasteiger partial charge in [-0.25, -0.2) is 4.39 Å². The van der Waals surface area contributed by atoms with Crippen LogP contribution in [0.2, 0.25) is 0 Å². The highest BCUT2D eigenvalue weighted by atomic mass is 19.1. The number of hydrogen-bond donors (Lipinski definition) is 1. The van der Waals surface area contributed by atoms with Crippen molar-refractivity contribution in [3.63, 3.8) is 0 Å². The topological polar surface area (TPSA) is 49.0 Å². The Labute approximate surface area is 140 Å². The molecule has 3 rings (SSSR count). The highest BCUT2D eigenvalue weighted by Crippen LogP contribution is 2.14. The molecule has 0 unspecified atom stereocenters. The average molecular weight is 325 g/mol. The molecule has 124 valence electrons. The molecule has 0 saturated heterocycles. The third-order valence-electron chi connectivity index (χ3n) is 4.05. The highest BCUT2D eigenvalue weighted by Gasteiger charge is 2.08. The second-order valence-corrected chi connectivity index (χ2v) is 6.04. The predicted molar refractivity (Wildman–Crippen MR) is 93.3 cm³/mol. The van der Waals surface area contributed by atoms with Crippen molar-refractivity contribution in [3.05, 3.63) is 75.6 Å². The van der Waals surface area contributed by atoms with E-state index in [4.69, 9.17) is 0 Å². The van der Waals surface area contributed by atoms with Crippen LogP contribution in [-0.4, -0.2) is 21.9 Å². The third kappa shape index (κ3) is 3.68. The summed E-state index contributed by atoms with van der Waals surface area (Å²) in [5.41, 5.74) is 3.16. The van der Waals surface area contributed by atoms with Crippen LogP contribution < -0.4 is 5.56 Å². The van der Waals surface area contributed by atoms with Gasteiger partial charge < -0.3 is 4.98 Å². The number of aromatic amines is 1. The van der Waals surface area contributed by atoms with Gasteiger partial charge in [-0.15, -0.1) is 0 Å². The zero-order valence-corrected chi connectivity index (χ0v) is 13.8. The second kappa shape index (κ2) is 6.93. The van der Waals surface area contributed by atoms with Crippen LogP contribution in [-0.2, 0) is 19.5 Å². The van der Waals surface area contributed by atoms with E-state index in [1.807, 2.05) is 30.3 Å². The lowest BCUT2D eigenvalue weighted by Gasteiger charge is -2.16. The molecule has 0 saturated carbocycles. The lowest BCUT2D eigenvalue weighted by molar-refractivity contribution is 0.314. The number of halogens is 1. The number of benzene rings is 1. The zero-order valence-electron chi connectivity index (χ0n) is 13.8. The van der Waals surface area contributed by atoms with Crippen molar-refractivity contribution in [2.24, 2.45) is 0 Å². The molecule has 0 spiro atoms. The predicted octanol–water partition coefficient (Wildman–Crippen LogP) is 3.26. The maximum absolute atomic E-state index is 13.2. The van der Waals surface area contributed by atoms with Crippen molar-refractivity contribution in [1.29, 1.82) is 0 Å². The van der Waals surface area contributed by atoms with E-state index in [9.17, 15) is 9.18 Å². The third-order valence-corrected chi connectivity index (χ3v) is 4.05. The lowest BCUT2D eigenvalue weighted by atomic mass is 10.1. The van der Waals surface area contributed by atoms with Crippen molar-refractivity contribution in [2.75, 3.05) is 7.05 Å². The Bertz CT molecular complexity index is 903. The first-order valence-corrected chi connectivity index (χ1v) is 7.99. The van der Waals surface area contributed by atoms with Crippen LogP contribution in [0.25, 0.3) is 10.9 Å². The normalized spacial score (nSPS) is 11.3. The summed E-state index contributed by atoms with van der Waals surface area (Å²) in [6.07, 6.45) is 2.86. The summed E-state index contributed by atoms with van der Waals surface area (Å²) in [5, 5.41) is 0.824. The molecule has 1 N–H and O–H groups in total. The first kappa shape index (κ1) is 16.3. The second-order valence-electron chi connectivity index (χ2n) is 6.04. The summed E-state index contributed by atoms with van der Waals surface area (Å²) in [5.74, 6) is -0.357. The van der Waals surface area contributed by atoms with E-state index in [2.05, 4.69) is 23.0 Å². The fraction of sp³-hybridized carbons (Fsp3) is 0.263. The largest absolute Gasteiger partial charge is 0.322 e. The summed E-state index contributed by atoms with van der Waals surface area (Å²) < 4.78 is 13.2. The number of aryl methyl sites for hydroxylation is 1. The van der Waals surface area contributed by atoms with Crippen LogP contribution in [0.15, 0.2) is 47.4 Å². The average Bonchev–Trinajstić information content (AvgIpc) is 2.56. The molecule has 1 aromatic carbocycles. The van der Waals surface area contributed by atoms with Gasteiger partial charge in [-0.2, -0.15) is 0 Å². The minimum Gasteiger partial charge on any atom is -0.322 e. The molecular formula is C19H20FN3O. The van der Waals surface area contributed by atoms with Crippen molar-refractivity contribution in [1.82, 2.24) is 14.9 Å². The van der Waals surface area contributed by atoms with E-state index >= 15 is 0 Å². The molecule has 0 aliphatic carbocycles. The Balaban J connectivity index is 1.76. The highest BCUT2D eigenvalue weighted by molar-refractivity contribution is 5.78. The molecule has 24 heavy (non-hydrogen) atoms. The SMILES string of the molecule is CCc1ccc(CN(C)Cc2cc3ccc(F)cc3[nH]c2=O)nc1. The molecular weight excluding hydrogens is 305 g/mol. The molecule has 2 heterocycles. The number of nitrogens with one attached hydrogen (secondary N) is 1. The van der Waals surface area contributed by atoms with E-state index in [1.165, 1.54) is 17.7 Å².